The summed E-state index contributed by atoms with van der Waals surface area (Å²) in [5.41, 5.74) is 3.49. The third kappa shape index (κ3) is 5.28. The average Bonchev–Trinajstić information content (AvgIpc) is 2.88. The van der Waals surface area contributed by atoms with Gasteiger partial charge in [-0.2, -0.15) is 4.98 Å². The third-order valence-electron chi connectivity index (χ3n) is 6.96. The van der Waals surface area contributed by atoms with E-state index in [1.165, 1.54) is 5.56 Å². The molecule has 0 spiro atoms. The van der Waals surface area contributed by atoms with E-state index in [4.69, 9.17) is 9.47 Å². The molecule has 1 unspecified atom stereocenters. The summed E-state index contributed by atoms with van der Waals surface area (Å²) in [7, 11) is 0. The number of aliphatic hydroxyl groups excluding tert-OH is 1. The lowest BCUT2D eigenvalue weighted by atomic mass is 10.0. The summed E-state index contributed by atoms with van der Waals surface area (Å²) in [6, 6.07) is 10.3. The highest BCUT2D eigenvalue weighted by atomic mass is 16.5. The number of carbonyl (C=O) groups excluding carboxylic acids is 1. The molecule has 3 aliphatic heterocycles. The summed E-state index contributed by atoms with van der Waals surface area (Å²) < 4.78 is 11.9. The van der Waals surface area contributed by atoms with Gasteiger partial charge in [-0.3, -0.25) is 9.69 Å². The van der Waals surface area contributed by atoms with Gasteiger partial charge < -0.3 is 24.8 Å². The van der Waals surface area contributed by atoms with Crippen LogP contribution < -0.4 is 19.7 Å². The molecule has 0 bridgehead atoms. The van der Waals surface area contributed by atoms with Crippen LogP contribution in [0.5, 0.6) is 11.6 Å². The third-order valence-corrected chi connectivity index (χ3v) is 6.96. The molecule has 0 aliphatic carbocycles. The zero-order valence-corrected chi connectivity index (χ0v) is 19.7. The fraction of sp³-hybridized carbons (Fsp3) is 0.538. The van der Waals surface area contributed by atoms with Crippen molar-refractivity contribution in [1.29, 1.82) is 0 Å². The van der Waals surface area contributed by atoms with Crippen molar-refractivity contribution in [3.63, 3.8) is 0 Å². The molecule has 182 valence electrons. The summed E-state index contributed by atoms with van der Waals surface area (Å²) in [4.78, 5) is 20.9. The van der Waals surface area contributed by atoms with Crippen molar-refractivity contribution in [1.82, 2.24) is 9.88 Å². The number of fused-ring (bicyclic) bond motifs is 2. The van der Waals surface area contributed by atoms with Crippen LogP contribution in [0.2, 0.25) is 0 Å². The molecule has 1 aromatic heterocycles. The topological polar surface area (TPSA) is 87.2 Å². The van der Waals surface area contributed by atoms with Crippen LogP contribution in [0.4, 0.5) is 11.5 Å². The van der Waals surface area contributed by atoms with Crippen molar-refractivity contribution >= 4 is 17.4 Å². The number of hydrogen-bond acceptors (Lipinski definition) is 7. The number of piperazine rings is 1. The molecule has 8 nitrogen and oxygen atoms in total. The van der Waals surface area contributed by atoms with Crippen LogP contribution in [0.1, 0.15) is 36.8 Å². The van der Waals surface area contributed by atoms with Crippen molar-refractivity contribution in [3.8, 4) is 11.6 Å². The molecule has 1 fully saturated rings. The maximum absolute atomic E-state index is 11.6. The first kappa shape index (κ1) is 22.9. The van der Waals surface area contributed by atoms with Crippen LogP contribution in [-0.2, 0) is 17.6 Å². The SMILES string of the molecule is O=C1CCc2ccc(OCCCCN3CCN(c4cccc5c4OC(CO)CC5)CC3)nc2N1. The lowest BCUT2D eigenvalue weighted by Gasteiger charge is -2.38. The number of amides is 1. The smallest absolute Gasteiger partial charge is 0.225 e. The number of anilines is 2. The van der Waals surface area contributed by atoms with E-state index in [-0.39, 0.29) is 18.6 Å². The summed E-state index contributed by atoms with van der Waals surface area (Å²) in [6.45, 7) is 5.76. The van der Waals surface area contributed by atoms with Gasteiger partial charge in [0.2, 0.25) is 11.8 Å². The van der Waals surface area contributed by atoms with Gasteiger partial charge in [0.25, 0.3) is 0 Å². The second-order valence-electron chi connectivity index (χ2n) is 9.32. The molecule has 8 heteroatoms. The molecule has 1 atom stereocenters. The van der Waals surface area contributed by atoms with Crippen LogP contribution in [0.25, 0.3) is 0 Å². The van der Waals surface area contributed by atoms with Gasteiger partial charge in [0.05, 0.1) is 18.9 Å². The number of rotatable bonds is 8. The number of hydrogen-bond donors (Lipinski definition) is 2. The Morgan fingerprint density at radius 2 is 1.94 bits per heavy atom. The number of pyridine rings is 1. The van der Waals surface area contributed by atoms with Crippen molar-refractivity contribution < 1.29 is 19.4 Å². The second-order valence-corrected chi connectivity index (χ2v) is 9.32. The van der Waals surface area contributed by atoms with Gasteiger partial charge in [-0.25, -0.2) is 0 Å². The first-order valence-electron chi connectivity index (χ1n) is 12.5. The maximum Gasteiger partial charge on any atom is 0.225 e. The molecule has 2 N–H and O–H groups in total. The van der Waals surface area contributed by atoms with E-state index < -0.39 is 0 Å². The van der Waals surface area contributed by atoms with Crippen LogP contribution in [0, 0.1) is 0 Å². The van der Waals surface area contributed by atoms with Crippen molar-refractivity contribution in [2.45, 2.75) is 44.6 Å². The number of carbonyl (C=O) groups is 1. The highest BCUT2D eigenvalue weighted by Gasteiger charge is 2.26. The predicted molar refractivity (Wildman–Crippen MR) is 131 cm³/mol. The fourth-order valence-corrected chi connectivity index (χ4v) is 4.95. The lowest BCUT2D eigenvalue weighted by Crippen LogP contribution is -2.47. The number of aromatic nitrogens is 1. The van der Waals surface area contributed by atoms with E-state index in [1.54, 1.807) is 0 Å². The van der Waals surface area contributed by atoms with Gasteiger partial charge in [0, 0.05) is 38.7 Å². The van der Waals surface area contributed by atoms with Gasteiger partial charge in [-0.1, -0.05) is 12.1 Å². The van der Waals surface area contributed by atoms with Gasteiger partial charge in [-0.05, 0) is 61.9 Å². The number of ether oxygens (including phenoxy) is 2. The fourth-order valence-electron chi connectivity index (χ4n) is 4.95. The van der Waals surface area contributed by atoms with Crippen molar-refractivity contribution in [3.05, 3.63) is 41.5 Å². The number of nitrogens with zero attached hydrogens (tertiary/aromatic N) is 3. The molecule has 2 aromatic rings. The minimum Gasteiger partial charge on any atom is -0.486 e. The minimum absolute atomic E-state index is 0.0197. The molecule has 1 amide bonds. The Balaban J connectivity index is 1.04. The summed E-state index contributed by atoms with van der Waals surface area (Å²) in [5.74, 6) is 2.20. The Morgan fingerprint density at radius 1 is 1.06 bits per heavy atom. The van der Waals surface area contributed by atoms with E-state index in [0.29, 0.717) is 24.7 Å². The largest absolute Gasteiger partial charge is 0.486 e. The molecule has 0 radical (unpaired) electrons. The molecule has 1 saturated heterocycles. The average molecular weight is 467 g/mol. The number of para-hydroxylation sites is 1. The molecular weight excluding hydrogens is 432 g/mol. The number of aliphatic hydroxyl groups is 1. The summed E-state index contributed by atoms with van der Waals surface area (Å²) >= 11 is 0. The van der Waals surface area contributed by atoms with E-state index in [9.17, 15) is 9.90 Å². The van der Waals surface area contributed by atoms with Gasteiger partial charge in [0.15, 0.2) is 0 Å². The minimum atomic E-state index is -0.0904. The van der Waals surface area contributed by atoms with Crippen LogP contribution >= 0.6 is 0 Å². The zero-order valence-electron chi connectivity index (χ0n) is 19.7. The molecule has 5 rings (SSSR count). The number of unbranched alkanes of at least 4 members (excludes halogenated alkanes) is 1. The lowest BCUT2D eigenvalue weighted by molar-refractivity contribution is -0.116. The molecule has 4 heterocycles. The predicted octanol–water partition coefficient (Wildman–Crippen LogP) is 2.63. The van der Waals surface area contributed by atoms with Crippen molar-refractivity contribution in [2.75, 3.05) is 56.2 Å². The first-order chi connectivity index (χ1) is 16.7. The first-order valence-corrected chi connectivity index (χ1v) is 12.5. The maximum atomic E-state index is 11.6. The van der Waals surface area contributed by atoms with E-state index in [1.807, 2.05) is 12.1 Å². The number of nitrogens with one attached hydrogen (secondary N) is 1. The highest BCUT2D eigenvalue weighted by Crippen LogP contribution is 2.37. The molecule has 3 aliphatic rings. The van der Waals surface area contributed by atoms with E-state index in [0.717, 1.165) is 81.8 Å². The Hall–Kier alpha value is -2.84. The molecule has 1 aromatic carbocycles. The Kier molecular flexibility index (Phi) is 7.16. The molecular formula is C26H34N4O4. The zero-order chi connectivity index (χ0) is 23.3. The Labute approximate surface area is 200 Å². The van der Waals surface area contributed by atoms with Gasteiger partial charge in [-0.15, -0.1) is 0 Å². The van der Waals surface area contributed by atoms with Crippen molar-refractivity contribution in [2.24, 2.45) is 0 Å². The molecule has 34 heavy (non-hydrogen) atoms. The Bertz CT molecular complexity index is 1010. The van der Waals surface area contributed by atoms with E-state index in [2.05, 4.69) is 38.3 Å². The highest BCUT2D eigenvalue weighted by molar-refractivity contribution is 5.92. The summed E-state index contributed by atoms with van der Waals surface area (Å²) in [6.07, 6.45) is 5.06. The van der Waals surface area contributed by atoms with Gasteiger partial charge in [0.1, 0.15) is 17.7 Å². The standard InChI is InChI=1S/C26H34N4O4/c31-18-21-9-6-19-4-3-5-22(25(19)34-21)30-15-13-29(14-16-30)12-1-2-17-33-24-11-8-20-7-10-23(32)27-26(20)28-24/h3-5,8,11,21,31H,1-2,6-7,9-10,12-18H2,(H,27,28,32). The van der Waals surface area contributed by atoms with Crippen LogP contribution in [-0.4, -0.2) is 72.9 Å². The normalized spacial score (nSPS) is 20.2. The van der Waals surface area contributed by atoms with E-state index >= 15 is 0 Å². The Morgan fingerprint density at radius 3 is 2.79 bits per heavy atom. The van der Waals surface area contributed by atoms with Gasteiger partial charge >= 0.3 is 0 Å². The van der Waals surface area contributed by atoms with Crippen LogP contribution in [0.15, 0.2) is 30.3 Å². The number of benzene rings is 1. The second kappa shape index (κ2) is 10.6. The summed E-state index contributed by atoms with van der Waals surface area (Å²) in [5, 5.41) is 12.3. The number of aryl methyl sites for hydroxylation is 2. The quantitative estimate of drug-likeness (QED) is 0.579. The van der Waals surface area contributed by atoms with Crippen LogP contribution in [0.3, 0.4) is 0 Å². The molecule has 0 saturated carbocycles. The monoisotopic (exact) mass is 466 g/mol.